The second kappa shape index (κ2) is 6.49. The van der Waals surface area contributed by atoms with Crippen LogP contribution in [0.15, 0.2) is 36.4 Å². The Hall–Kier alpha value is -0.930. The Kier molecular flexibility index (Phi) is 4.94. The van der Waals surface area contributed by atoms with Crippen LogP contribution in [0.3, 0.4) is 0 Å². The normalized spacial score (nSPS) is 10.5. The zero-order valence-corrected chi connectivity index (χ0v) is 12.3. The molecule has 0 heterocycles. The second-order valence-electron chi connectivity index (χ2n) is 4.00. The summed E-state index contributed by atoms with van der Waals surface area (Å²) in [6, 6.07) is 10.5. The molecule has 0 amide bonds. The van der Waals surface area contributed by atoms with Crippen molar-refractivity contribution in [3.05, 3.63) is 57.0 Å². The lowest BCUT2D eigenvalue weighted by atomic mass is 10.1. The van der Waals surface area contributed by atoms with Crippen molar-refractivity contribution in [2.75, 3.05) is 6.54 Å². The maximum absolute atomic E-state index is 5.97. The van der Waals surface area contributed by atoms with Crippen LogP contribution in [0.4, 0.5) is 0 Å². The highest BCUT2D eigenvalue weighted by Crippen LogP contribution is 2.31. The lowest BCUT2D eigenvalue weighted by Crippen LogP contribution is -2.04. The number of benzene rings is 2. The molecule has 0 aliphatic carbocycles. The van der Waals surface area contributed by atoms with Crippen LogP contribution in [0.2, 0.25) is 15.1 Å². The van der Waals surface area contributed by atoms with Gasteiger partial charge in [0.25, 0.3) is 0 Å². The number of rotatable bonds is 4. The van der Waals surface area contributed by atoms with E-state index in [9.17, 15) is 0 Å². The Balaban J connectivity index is 2.31. The molecule has 0 bridgehead atoms. The number of nitrogens with two attached hydrogens (primary N) is 1. The Labute approximate surface area is 127 Å². The van der Waals surface area contributed by atoms with Crippen molar-refractivity contribution in [2.45, 2.75) is 6.42 Å². The van der Waals surface area contributed by atoms with Crippen molar-refractivity contribution in [1.82, 2.24) is 0 Å². The van der Waals surface area contributed by atoms with E-state index >= 15 is 0 Å². The molecular formula is C14H12Cl3NO. The maximum atomic E-state index is 5.97. The molecule has 0 unspecified atom stereocenters. The highest BCUT2D eigenvalue weighted by atomic mass is 35.5. The summed E-state index contributed by atoms with van der Waals surface area (Å²) in [7, 11) is 0. The van der Waals surface area contributed by atoms with Gasteiger partial charge in [0.05, 0.1) is 0 Å². The molecule has 100 valence electrons. The molecule has 0 aromatic heterocycles. The van der Waals surface area contributed by atoms with Gasteiger partial charge in [-0.1, -0.05) is 34.8 Å². The minimum Gasteiger partial charge on any atom is -0.457 e. The van der Waals surface area contributed by atoms with Gasteiger partial charge in [0.2, 0.25) is 0 Å². The Morgan fingerprint density at radius 2 is 1.58 bits per heavy atom. The minimum absolute atomic E-state index is 0.521. The lowest BCUT2D eigenvalue weighted by molar-refractivity contribution is 0.476. The third kappa shape index (κ3) is 4.02. The van der Waals surface area contributed by atoms with Gasteiger partial charge in [0, 0.05) is 15.1 Å². The fourth-order valence-corrected chi connectivity index (χ4v) is 2.41. The van der Waals surface area contributed by atoms with Crippen LogP contribution >= 0.6 is 34.8 Å². The predicted molar refractivity (Wildman–Crippen MR) is 80.7 cm³/mol. The van der Waals surface area contributed by atoms with E-state index in [1.807, 2.05) is 12.1 Å². The first-order valence-electron chi connectivity index (χ1n) is 5.71. The molecule has 2 rings (SSSR count). The molecule has 0 saturated carbocycles. The maximum Gasteiger partial charge on any atom is 0.130 e. The standard InChI is InChI=1S/C14H12Cl3NO/c15-10-1-2-14(9(5-10)3-4-18)19-13-7-11(16)6-12(17)8-13/h1-2,5-8H,3-4,18H2. The first-order valence-corrected chi connectivity index (χ1v) is 6.84. The average Bonchev–Trinajstić information content (AvgIpc) is 2.32. The zero-order chi connectivity index (χ0) is 13.8. The second-order valence-corrected chi connectivity index (χ2v) is 5.31. The molecular weight excluding hydrogens is 305 g/mol. The van der Waals surface area contributed by atoms with E-state index in [0.29, 0.717) is 39.5 Å². The lowest BCUT2D eigenvalue weighted by Gasteiger charge is -2.11. The van der Waals surface area contributed by atoms with Crippen molar-refractivity contribution in [3.63, 3.8) is 0 Å². The molecule has 2 aromatic carbocycles. The number of hydrogen-bond donors (Lipinski definition) is 1. The largest absolute Gasteiger partial charge is 0.457 e. The van der Waals surface area contributed by atoms with Crippen LogP contribution in [0.25, 0.3) is 0 Å². The summed E-state index contributed by atoms with van der Waals surface area (Å²) in [4.78, 5) is 0. The predicted octanol–water partition coefficient (Wildman–Crippen LogP) is 4.94. The smallest absolute Gasteiger partial charge is 0.130 e. The van der Waals surface area contributed by atoms with Crippen LogP contribution in [0.5, 0.6) is 11.5 Å². The summed E-state index contributed by atoms with van der Waals surface area (Å²) in [5.74, 6) is 1.28. The Morgan fingerprint density at radius 3 is 2.21 bits per heavy atom. The molecule has 0 atom stereocenters. The summed E-state index contributed by atoms with van der Waals surface area (Å²) < 4.78 is 5.80. The Morgan fingerprint density at radius 1 is 0.895 bits per heavy atom. The van der Waals surface area contributed by atoms with Crippen LogP contribution < -0.4 is 10.5 Å². The zero-order valence-electron chi connectivity index (χ0n) is 10.00. The Bertz CT molecular complexity index is 567. The number of halogens is 3. The van der Waals surface area contributed by atoms with E-state index in [0.717, 1.165) is 5.56 Å². The van der Waals surface area contributed by atoms with Gasteiger partial charge in [-0.25, -0.2) is 0 Å². The van der Waals surface area contributed by atoms with Crippen molar-refractivity contribution in [3.8, 4) is 11.5 Å². The molecule has 0 aliphatic rings. The molecule has 0 aliphatic heterocycles. The van der Waals surface area contributed by atoms with E-state index < -0.39 is 0 Å². The fourth-order valence-electron chi connectivity index (χ4n) is 1.71. The molecule has 2 N–H and O–H groups in total. The van der Waals surface area contributed by atoms with E-state index in [1.54, 1.807) is 24.3 Å². The topological polar surface area (TPSA) is 35.2 Å². The fraction of sp³-hybridized carbons (Fsp3) is 0.143. The van der Waals surface area contributed by atoms with Crippen molar-refractivity contribution in [2.24, 2.45) is 5.73 Å². The SMILES string of the molecule is NCCc1cc(Cl)ccc1Oc1cc(Cl)cc(Cl)c1. The van der Waals surface area contributed by atoms with Crippen LogP contribution in [0.1, 0.15) is 5.56 Å². The van der Waals surface area contributed by atoms with E-state index in [2.05, 4.69) is 0 Å². The third-order valence-electron chi connectivity index (χ3n) is 2.50. The van der Waals surface area contributed by atoms with E-state index in [-0.39, 0.29) is 0 Å². The summed E-state index contributed by atoms with van der Waals surface area (Å²) >= 11 is 17.8. The minimum atomic E-state index is 0.521. The quantitative estimate of drug-likeness (QED) is 0.867. The van der Waals surface area contributed by atoms with E-state index in [4.69, 9.17) is 45.3 Å². The van der Waals surface area contributed by atoms with E-state index in [1.165, 1.54) is 0 Å². The first kappa shape index (κ1) is 14.5. The molecule has 19 heavy (non-hydrogen) atoms. The van der Waals surface area contributed by atoms with Crippen molar-refractivity contribution in [1.29, 1.82) is 0 Å². The van der Waals surface area contributed by atoms with Crippen molar-refractivity contribution < 1.29 is 4.74 Å². The first-order chi connectivity index (χ1) is 9.08. The molecule has 2 nitrogen and oxygen atoms in total. The molecule has 5 heteroatoms. The molecule has 0 spiro atoms. The molecule has 0 fully saturated rings. The van der Waals surface area contributed by atoms with Gasteiger partial charge in [-0.05, 0) is 54.9 Å². The monoisotopic (exact) mass is 315 g/mol. The average molecular weight is 317 g/mol. The highest BCUT2D eigenvalue weighted by Gasteiger charge is 2.07. The number of hydrogen-bond acceptors (Lipinski definition) is 2. The van der Waals surface area contributed by atoms with Gasteiger partial charge < -0.3 is 10.5 Å². The third-order valence-corrected chi connectivity index (χ3v) is 3.17. The summed E-state index contributed by atoms with van der Waals surface area (Å²) in [6.45, 7) is 0.521. The van der Waals surface area contributed by atoms with Crippen LogP contribution in [-0.4, -0.2) is 6.54 Å². The van der Waals surface area contributed by atoms with Crippen LogP contribution in [-0.2, 0) is 6.42 Å². The van der Waals surface area contributed by atoms with Gasteiger partial charge in [-0.2, -0.15) is 0 Å². The molecule has 0 saturated heterocycles. The summed E-state index contributed by atoms with van der Waals surface area (Å²) in [5, 5.41) is 1.70. The molecule has 0 radical (unpaired) electrons. The van der Waals surface area contributed by atoms with Gasteiger partial charge in [-0.15, -0.1) is 0 Å². The summed E-state index contributed by atoms with van der Waals surface area (Å²) in [6.07, 6.45) is 0.685. The van der Waals surface area contributed by atoms with Crippen LogP contribution in [0, 0.1) is 0 Å². The van der Waals surface area contributed by atoms with Gasteiger partial charge >= 0.3 is 0 Å². The number of ether oxygens (including phenoxy) is 1. The summed E-state index contributed by atoms with van der Waals surface area (Å²) in [5.41, 5.74) is 6.53. The highest BCUT2D eigenvalue weighted by molar-refractivity contribution is 6.34. The van der Waals surface area contributed by atoms with Gasteiger partial charge in [0.1, 0.15) is 11.5 Å². The molecule has 2 aromatic rings. The van der Waals surface area contributed by atoms with Gasteiger partial charge in [-0.3, -0.25) is 0 Å². The van der Waals surface area contributed by atoms with Gasteiger partial charge in [0.15, 0.2) is 0 Å². The van der Waals surface area contributed by atoms with Crippen molar-refractivity contribution >= 4 is 34.8 Å².